The maximum atomic E-state index is 11.9. The van der Waals surface area contributed by atoms with E-state index < -0.39 is 0 Å². The van der Waals surface area contributed by atoms with Crippen molar-refractivity contribution in [1.29, 1.82) is 0 Å². The number of rotatable bonds is 5. The molecule has 1 aliphatic rings. The van der Waals surface area contributed by atoms with Gasteiger partial charge in [-0.1, -0.05) is 18.2 Å². The molecule has 2 amide bonds. The average molecular weight is 328 g/mol. The van der Waals surface area contributed by atoms with Gasteiger partial charge < -0.3 is 15.7 Å². The predicted octanol–water partition coefficient (Wildman–Crippen LogP) is 2.05. The van der Waals surface area contributed by atoms with E-state index >= 15 is 0 Å². The fourth-order valence-corrected chi connectivity index (χ4v) is 3.15. The Kier molecular flexibility index (Phi) is 5.15. The molecule has 1 aromatic carbocycles. The van der Waals surface area contributed by atoms with Crippen molar-refractivity contribution in [1.82, 2.24) is 20.4 Å². The molecule has 0 spiro atoms. The van der Waals surface area contributed by atoms with Crippen LogP contribution in [0.3, 0.4) is 0 Å². The molecule has 3 rings (SSSR count). The molecule has 2 aromatic rings. The van der Waals surface area contributed by atoms with Crippen molar-refractivity contribution in [3.63, 3.8) is 0 Å². The molecule has 6 heteroatoms. The highest BCUT2D eigenvalue weighted by molar-refractivity contribution is 5.74. The van der Waals surface area contributed by atoms with Gasteiger partial charge in [0.2, 0.25) is 0 Å². The van der Waals surface area contributed by atoms with E-state index in [9.17, 15) is 9.90 Å². The second-order valence-corrected chi connectivity index (χ2v) is 6.50. The number of nitrogens with zero attached hydrogens (tertiary/aromatic N) is 2. The van der Waals surface area contributed by atoms with Crippen molar-refractivity contribution < 1.29 is 9.90 Å². The van der Waals surface area contributed by atoms with E-state index in [1.54, 1.807) is 4.68 Å². The highest BCUT2D eigenvalue weighted by Gasteiger charge is 2.22. The number of amides is 2. The summed E-state index contributed by atoms with van der Waals surface area (Å²) in [6.07, 6.45) is 6.21. The van der Waals surface area contributed by atoms with E-state index in [1.165, 1.54) is 0 Å². The number of aromatic nitrogens is 2. The molecule has 1 fully saturated rings. The lowest BCUT2D eigenvalue weighted by molar-refractivity contribution is 0.177. The number of hydrogen-bond donors (Lipinski definition) is 3. The molecule has 0 bridgehead atoms. The van der Waals surface area contributed by atoms with Gasteiger partial charge in [-0.15, -0.1) is 0 Å². The highest BCUT2D eigenvalue weighted by Crippen LogP contribution is 2.24. The molecule has 0 aliphatic heterocycles. The van der Waals surface area contributed by atoms with E-state index in [0.29, 0.717) is 19.0 Å². The van der Waals surface area contributed by atoms with Crippen LogP contribution in [0.4, 0.5) is 4.79 Å². The lowest BCUT2D eigenvalue weighted by Crippen LogP contribution is -2.37. The standard InChI is InChI=1S/C18H24N4O2/c1-22-12-16(11-21-22)15-4-2-3-13(7-15)9-19-18(24)20-10-14-5-6-17(23)8-14/h2-4,7,11-12,14,17,23H,5-6,8-10H2,1H3,(H2,19,20,24). The number of carbonyl (C=O) groups is 1. The quantitative estimate of drug-likeness (QED) is 0.786. The van der Waals surface area contributed by atoms with Gasteiger partial charge in [-0.3, -0.25) is 4.68 Å². The van der Waals surface area contributed by atoms with Crippen LogP contribution >= 0.6 is 0 Å². The summed E-state index contributed by atoms with van der Waals surface area (Å²) in [6.45, 7) is 1.10. The summed E-state index contributed by atoms with van der Waals surface area (Å²) in [4.78, 5) is 11.9. The Labute approximate surface area is 141 Å². The third-order valence-corrected chi connectivity index (χ3v) is 4.48. The Morgan fingerprint density at radius 3 is 2.92 bits per heavy atom. The molecule has 6 nitrogen and oxygen atoms in total. The van der Waals surface area contributed by atoms with Gasteiger partial charge in [-0.2, -0.15) is 5.10 Å². The van der Waals surface area contributed by atoms with Crippen molar-refractivity contribution in [3.8, 4) is 11.1 Å². The number of urea groups is 1. The Morgan fingerprint density at radius 2 is 2.21 bits per heavy atom. The van der Waals surface area contributed by atoms with E-state index in [-0.39, 0.29) is 12.1 Å². The summed E-state index contributed by atoms with van der Waals surface area (Å²) in [5.74, 6) is 0.389. The van der Waals surface area contributed by atoms with Crippen LogP contribution in [-0.4, -0.2) is 33.6 Å². The summed E-state index contributed by atoms with van der Waals surface area (Å²) in [7, 11) is 1.89. The van der Waals surface area contributed by atoms with Crippen LogP contribution in [0, 0.1) is 5.92 Å². The lowest BCUT2D eigenvalue weighted by Gasteiger charge is -2.12. The van der Waals surface area contributed by atoms with Crippen molar-refractivity contribution >= 4 is 6.03 Å². The number of nitrogens with one attached hydrogen (secondary N) is 2. The molecule has 1 aromatic heterocycles. The summed E-state index contributed by atoms with van der Waals surface area (Å²) in [6, 6.07) is 7.91. The zero-order chi connectivity index (χ0) is 16.9. The molecular weight excluding hydrogens is 304 g/mol. The summed E-state index contributed by atoms with van der Waals surface area (Å²) in [5, 5.41) is 19.5. The molecule has 3 N–H and O–H groups in total. The van der Waals surface area contributed by atoms with E-state index in [0.717, 1.165) is 36.0 Å². The van der Waals surface area contributed by atoms with Crippen molar-refractivity contribution in [2.45, 2.75) is 31.9 Å². The zero-order valence-corrected chi connectivity index (χ0v) is 13.9. The second kappa shape index (κ2) is 7.49. The van der Waals surface area contributed by atoms with Gasteiger partial charge in [-0.25, -0.2) is 4.79 Å². The smallest absolute Gasteiger partial charge is 0.315 e. The summed E-state index contributed by atoms with van der Waals surface area (Å²) < 4.78 is 1.77. The predicted molar refractivity (Wildman–Crippen MR) is 92.2 cm³/mol. The average Bonchev–Trinajstić information content (AvgIpc) is 3.20. The third kappa shape index (κ3) is 4.35. The van der Waals surface area contributed by atoms with Crippen LogP contribution < -0.4 is 10.6 Å². The Balaban J connectivity index is 1.48. The van der Waals surface area contributed by atoms with E-state index in [1.807, 2.05) is 37.6 Å². The van der Waals surface area contributed by atoms with Crippen LogP contribution in [0.25, 0.3) is 11.1 Å². The Morgan fingerprint density at radius 1 is 1.33 bits per heavy atom. The highest BCUT2D eigenvalue weighted by atomic mass is 16.3. The number of carbonyl (C=O) groups excluding carboxylic acids is 1. The number of aliphatic hydroxyl groups excluding tert-OH is 1. The maximum absolute atomic E-state index is 11.9. The molecule has 1 saturated carbocycles. The molecule has 0 saturated heterocycles. The van der Waals surface area contributed by atoms with Crippen molar-refractivity contribution in [2.24, 2.45) is 13.0 Å². The zero-order valence-electron chi connectivity index (χ0n) is 13.9. The van der Waals surface area contributed by atoms with Gasteiger partial charge in [0.1, 0.15) is 0 Å². The first kappa shape index (κ1) is 16.5. The minimum Gasteiger partial charge on any atom is -0.393 e. The summed E-state index contributed by atoms with van der Waals surface area (Å²) in [5.41, 5.74) is 3.19. The second-order valence-electron chi connectivity index (χ2n) is 6.50. The van der Waals surface area contributed by atoms with Crippen LogP contribution in [-0.2, 0) is 13.6 Å². The fraction of sp³-hybridized carbons (Fsp3) is 0.444. The molecule has 1 heterocycles. The van der Waals surface area contributed by atoms with Gasteiger partial charge in [0.05, 0.1) is 12.3 Å². The molecule has 1 aliphatic carbocycles. The first-order chi connectivity index (χ1) is 11.6. The number of hydrogen-bond acceptors (Lipinski definition) is 3. The van der Waals surface area contributed by atoms with Gasteiger partial charge in [0, 0.05) is 31.9 Å². The van der Waals surface area contributed by atoms with Gasteiger partial charge in [0.15, 0.2) is 0 Å². The van der Waals surface area contributed by atoms with Gasteiger partial charge >= 0.3 is 6.03 Å². The first-order valence-electron chi connectivity index (χ1n) is 8.38. The first-order valence-corrected chi connectivity index (χ1v) is 8.38. The molecule has 0 radical (unpaired) electrons. The van der Waals surface area contributed by atoms with Crippen molar-refractivity contribution in [3.05, 3.63) is 42.2 Å². The molecule has 2 unspecified atom stereocenters. The minimum atomic E-state index is -0.199. The van der Waals surface area contributed by atoms with Crippen LogP contribution in [0.1, 0.15) is 24.8 Å². The molecule has 24 heavy (non-hydrogen) atoms. The maximum Gasteiger partial charge on any atom is 0.315 e. The van der Waals surface area contributed by atoms with Crippen molar-refractivity contribution in [2.75, 3.05) is 6.54 Å². The SMILES string of the molecule is Cn1cc(-c2cccc(CNC(=O)NCC3CCC(O)C3)c2)cn1. The monoisotopic (exact) mass is 328 g/mol. The van der Waals surface area contributed by atoms with E-state index in [4.69, 9.17) is 0 Å². The third-order valence-electron chi connectivity index (χ3n) is 4.48. The number of aryl methyl sites for hydroxylation is 1. The van der Waals surface area contributed by atoms with Crippen LogP contribution in [0.2, 0.25) is 0 Å². The van der Waals surface area contributed by atoms with Gasteiger partial charge in [-0.05, 0) is 42.4 Å². The molecular formula is C18H24N4O2. The minimum absolute atomic E-state index is 0.164. The summed E-state index contributed by atoms with van der Waals surface area (Å²) >= 11 is 0. The largest absolute Gasteiger partial charge is 0.393 e. The lowest BCUT2D eigenvalue weighted by atomic mass is 10.1. The van der Waals surface area contributed by atoms with E-state index in [2.05, 4.69) is 21.8 Å². The number of aliphatic hydroxyl groups is 1. The van der Waals surface area contributed by atoms with Crippen LogP contribution in [0.15, 0.2) is 36.7 Å². The Bertz CT molecular complexity index is 698. The normalized spacial score (nSPS) is 20.1. The molecule has 128 valence electrons. The fourth-order valence-electron chi connectivity index (χ4n) is 3.15. The topological polar surface area (TPSA) is 79.2 Å². The molecule has 2 atom stereocenters. The number of benzene rings is 1. The van der Waals surface area contributed by atoms with Gasteiger partial charge in [0.25, 0.3) is 0 Å². The van der Waals surface area contributed by atoms with Crippen LogP contribution in [0.5, 0.6) is 0 Å². The Hall–Kier alpha value is -2.34.